The lowest BCUT2D eigenvalue weighted by atomic mass is 9.71. The third kappa shape index (κ3) is 1.56. The topological polar surface area (TPSA) is 17.1 Å². The van der Waals surface area contributed by atoms with E-state index in [1.54, 1.807) is 0 Å². The molecule has 2 aliphatic rings. The lowest BCUT2D eigenvalue weighted by Crippen LogP contribution is -2.23. The summed E-state index contributed by atoms with van der Waals surface area (Å²) in [5.74, 6) is 1.03. The number of carbonyl (C=O) groups is 1. The van der Waals surface area contributed by atoms with Crippen LogP contribution in [0.15, 0.2) is 23.8 Å². The maximum absolute atomic E-state index is 11.2. The maximum atomic E-state index is 11.2. The van der Waals surface area contributed by atoms with Gasteiger partial charge in [-0.25, -0.2) is 0 Å². The monoisotopic (exact) mass is 190 g/mol. The summed E-state index contributed by atoms with van der Waals surface area (Å²) in [5, 5.41) is 0. The first-order valence-corrected chi connectivity index (χ1v) is 5.49. The van der Waals surface area contributed by atoms with Crippen LogP contribution in [0.1, 0.15) is 39.5 Å². The molecule has 0 saturated heterocycles. The summed E-state index contributed by atoms with van der Waals surface area (Å²) in [4.78, 5) is 11.2. The van der Waals surface area contributed by atoms with Crippen molar-refractivity contribution in [1.82, 2.24) is 0 Å². The van der Waals surface area contributed by atoms with Crippen molar-refractivity contribution in [2.45, 2.75) is 39.5 Å². The lowest BCUT2D eigenvalue weighted by Gasteiger charge is -2.33. The van der Waals surface area contributed by atoms with Crippen LogP contribution in [0, 0.1) is 11.3 Å². The van der Waals surface area contributed by atoms with E-state index in [1.807, 2.05) is 6.08 Å². The quantitative estimate of drug-likeness (QED) is 0.611. The molecule has 0 N–H and O–H groups in total. The molecule has 0 aliphatic heterocycles. The number of allylic oxidation sites excluding steroid dienone is 4. The van der Waals surface area contributed by atoms with Crippen molar-refractivity contribution in [3.05, 3.63) is 23.8 Å². The number of rotatable bonds is 2. The fourth-order valence-electron chi connectivity index (χ4n) is 2.57. The molecule has 2 aliphatic carbocycles. The van der Waals surface area contributed by atoms with Crippen molar-refractivity contribution in [2.24, 2.45) is 11.3 Å². The number of hydrogen-bond donors (Lipinski definition) is 0. The lowest BCUT2D eigenvalue weighted by molar-refractivity contribution is -0.114. The second-order valence-electron chi connectivity index (χ2n) is 5.00. The Kier molecular flexibility index (Phi) is 2.34. The van der Waals surface area contributed by atoms with Crippen LogP contribution in [0.4, 0.5) is 0 Å². The molecule has 0 saturated carbocycles. The minimum absolute atomic E-state index is 0.218. The van der Waals surface area contributed by atoms with E-state index >= 15 is 0 Å². The summed E-state index contributed by atoms with van der Waals surface area (Å²) < 4.78 is 0. The van der Waals surface area contributed by atoms with Gasteiger partial charge in [0.1, 0.15) is 0 Å². The van der Waals surface area contributed by atoms with E-state index < -0.39 is 0 Å². The highest BCUT2D eigenvalue weighted by molar-refractivity contribution is 5.93. The smallest absolute Gasteiger partial charge is 0.155 e. The van der Waals surface area contributed by atoms with Gasteiger partial charge in [0.15, 0.2) is 5.78 Å². The predicted molar refractivity (Wildman–Crippen MR) is 58.0 cm³/mol. The van der Waals surface area contributed by atoms with Crippen LogP contribution in [-0.4, -0.2) is 5.78 Å². The Hall–Kier alpha value is -0.850. The molecule has 0 aromatic rings. The van der Waals surface area contributed by atoms with Gasteiger partial charge in [0.05, 0.1) is 0 Å². The highest BCUT2D eigenvalue weighted by Gasteiger charge is 2.35. The second-order valence-corrected chi connectivity index (χ2v) is 5.00. The summed E-state index contributed by atoms with van der Waals surface area (Å²) in [6.45, 7) is 4.57. The molecule has 0 spiro atoms. The van der Waals surface area contributed by atoms with E-state index in [9.17, 15) is 4.79 Å². The predicted octanol–water partition coefficient (Wildman–Crippen LogP) is 3.27. The van der Waals surface area contributed by atoms with Crippen molar-refractivity contribution in [3.63, 3.8) is 0 Å². The largest absolute Gasteiger partial charge is 0.295 e. The molecule has 0 unspecified atom stereocenters. The first-order valence-electron chi connectivity index (χ1n) is 5.49. The van der Waals surface area contributed by atoms with Gasteiger partial charge in [-0.2, -0.15) is 0 Å². The Labute approximate surface area is 85.9 Å². The number of carbonyl (C=O) groups excluding carboxylic acids is 1. The molecule has 0 heterocycles. The summed E-state index contributed by atoms with van der Waals surface area (Å²) in [7, 11) is 0. The summed E-state index contributed by atoms with van der Waals surface area (Å²) in [6.07, 6.45) is 10.5. The fraction of sp³-hybridized carbons (Fsp3) is 0.615. The van der Waals surface area contributed by atoms with Crippen molar-refractivity contribution < 1.29 is 4.79 Å². The first kappa shape index (κ1) is 9.70. The summed E-state index contributed by atoms with van der Waals surface area (Å²) in [6, 6.07) is 0. The minimum Gasteiger partial charge on any atom is -0.295 e. The third-order valence-corrected chi connectivity index (χ3v) is 3.83. The van der Waals surface area contributed by atoms with Crippen LogP contribution < -0.4 is 0 Å². The first-order chi connectivity index (χ1) is 6.60. The van der Waals surface area contributed by atoms with Crippen molar-refractivity contribution >= 4 is 5.78 Å². The average molecular weight is 190 g/mol. The van der Waals surface area contributed by atoms with Crippen molar-refractivity contribution in [3.8, 4) is 0 Å². The van der Waals surface area contributed by atoms with Crippen LogP contribution in [0.25, 0.3) is 0 Å². The van der Waals surface area contributed by atoms with Gasteiger partial charge in [-0.3, -0.25) is 4.79 Å². The van der Waals surface area contributed by atoms with Crippen LogP contribution in [-0.2, 0) is 4.79 Å². The molecule has 2 rings (SSSR count). The van der Waals surface area contributed by atoms with Gasteiger partial charge < -0.3 is 0 Å². The molecular formula is C13H18O. The highest BCUT2D eigenvalue weighted by atomic mass is 16.1. The maximum Gasteiger partial charge on any atom is 0.155 e. The number of hydrogen-bond acceptors (Lipinski definition) is 1. The van der Waals surface area contributed by atoms with E-state index in [2.05, 4.69) is 26.0 Å². The Bertz CT molecular complexity index is 299. The summed E-state index contributed by atoms with van der Waals surface area (Å²) >= 11 is 0. The van der Waals surface area contributed by atoms with Gasteiger partial charge in [0, 0.05) is 6.42 Å². The van der Waals surface area contributed by atoms with Gasteiger partial charge in [-0.05, 0) is 36.7 Å². The Morgan fingerprint density at radius 1 is 1.21 bits per heavy atom. The zero-order valence-corrected chi connectivity index (χ0v) is 9.05. The molecule has 76 valence electrons. The Morgan fingerprint density at radius 2 is 1.86 bits per heavy atom. The fourth-order valence-corrected chi connectivity index (χ4v) is 2.57. The Balaban J connectivity index is 2.15. The molecule has 0 fully saturated rings. The molecule has 1 nitrogen and oxygen atoms in total. The van der Waals surface area contributed by atoms with E-state index in [4.69, 9.17) is 0 Å². The second kappa shape index (κ2) is 3.38. The standard InChI is InChI=1S/C13H18O/c1-13(2,10-5-3-4-6-10)11-7-8-12(14)9-11/h3-4,9-10H,5-8H2,1-2H3. The van der Waals surface area contributed by atoms with E-state index in [0.29, 0.717) is 11.7 Å². The SMILES string of the molecule is CC(C)(C1=CC(=O)CC1)C1CC=CC1. The van der Waals surface area contributed by atoms with Gasteiger partial charge in [-0.1, -0.05) is 31.6 Å². The molecule has 1 heteroatoms. The molecule has 0 bridgehead atoms. The molecule has 0 aromatic heterocycles. The highest BCUT2D eigenvalue weighted by Crippen LogP contribution is 2.44. The molecule has 14 heavy (non-hydrogen) atoms. The van der Waals surface area contributed by atoms with E-state index in [1.165, 1.54) is 18.4 Å². The molecule has 0 aromatic carbocycles. The van der Waals surface area contributed by atoms with Gasteiger partial charge in [0.2, 0.25) is 0 Å². The zero-order valence-electron chi connectivity index (χ0n) is 9.05. The minimum atomic E-state index is 0.218. The molecule has 0 radical (unpaired) electrons. The normalized spacial score (nSPS) is 23.3. The van der Waals surface area contributed by atoms with E-state index in [-0.39, 0.29) is 5.41 Å². The Morgan fingerprint density at radius 3 is 2.36 bits per heavy atom. The van der Waals surface area contributed by atoms with Gasteiger partial charge in [-0.15, -0.1) is 0 Å². The average Bonchev–Trinajstić information content (AvgIpc) is 2.72. The van der Waals surface area contributed by atoms with Crippen molar-refractivity contribution in [2.75, 3.05) is 0 Å². The molecule has 0 amide bonds. The van der Waals surface area contributed by atoms with Gasteiger partial charge >= 0.3 is 0 Å². The van der Waals surface area contributed by atoms with E-state index in [0.717, 1.165) is 12.8 Å². The molecular weight excluding hydrogens is 172 g/mol. The van der Waals surface area contributed by atoms with Crippen LogP contribution in [0.3, 0.4) is 0 Å². The summed E-state index contributed by atoms with van der Waals surface area (Å²) in [5.41, 5.74) is 1.59. The van der Waals surface area contributed by atoms with Gasteiger partial charge in [0.25, 0.3) is 0 Å². The third-order valence-electron chi connectivity index (χ3n) is 3.83. The van der Waals surface area contributed by atoms with Crippen LogP contribution in [0.2, 0.25) is 0 Å². The van der Waals surface area contributed by atoms with Crippen LogP contribution >= 0.6 is 0 Å². The molecule has 0 atom stereocenters. The number of ketones is 1. The van der Waals surface area contributed by atoms with Crippen LogP contribution in [0.5, 0.6) is 0 Å². The van der Waals surface area contributed by atoms with Crippen molar-refractivity contribution in [1.29, 1.82) is 0 Å². The zero-order chi connectivity index (χ0) is 10.2.